The number of rotatable bonds is 4. The molecule has 1 aromatic rings. The second kappa shape index (κ2) is 6.66. The number of ketones is 1. The third-order valence-corrected chi connectivity index (χ3v) is 2.95. The number of hydrogen-bond donors (Lipinski definition) is 1. The average Bonchev–Trinajstić information content (AvgIpc) is 2.81. The topological polar surface area (TPSA) is 29.1 Å². The first kappa shape index (κ1) is 13.2. The van der Waals surface area contributed by atoms with Gasteiger partial charge in [-0.2, -0.15) is 0 Å². The van der Waals surface area contributed by atoms with E-state index in [0.29, 0.717) is 12.2 Å². The first-order valence-electron chi connectivity index (χ1n) is 5.66. The lowest BCUT2D eigenvalue weighted by Gasteiger charge is -2.08. The Kier molecular flexibility index (Phi) is 5.50. The summed E-state index contributed by atoms with van der Waals surface area (Å²) in [4.78, 5) is 11.8. The lowest BCUT2D eigenvalue weighted by molar-refractivity contribution is -0.120. The number of benzene rings is 1. The Balaban J connectivity index is 0.00000128. The third-order valence-electron chi connectivity index (χ3n) is 2.95. The highest BCUT2D eigenvalue weighted by Crippen LogP contribution is 2.10. The number of nitrogens with one attached hydrogen (secondary N) is 1. The van der Waals surface area contributed by atoms with Crippen LogP contribution >= 0.6 is 12.4 Å². The molecule has 0 spiro atoms. The van der Waals surface area contributed by atoms with Crippen LogP contribution in [0.15, 0.2) is 30.3 Å². The number of carbonyl (C=O) groups is 1. The number of Topliss-reactive ketones (excluding diaryl/α,β-unsaturated/α-hetero) is 1. The molecule has 2 rings (SSSR count). The maximum Gasteiger partial charge on any atom is 0.150 e. The molecule has 0 bridgehead atoms. The average molecular weight is 240 g/mol. The molecule has 1 fully saturated rings. The van der Waals surface area contributed by atoms with Crippen molar-refractivity contribution < 1.29 is 4.79 Å². The molecule has 3 heteroatoms. The Hall–Kier alpha value is -0.860. The zero-order valence-corrected chi connectivity index (χ0v) is 10.1. The maximum atomic E-state index is 11.8. The van der Waals surface area contributed by atoms with Crippen molar-refractivity contribution in [3.8, 4) is 0 Å². The molecule has 1 aliphatic heterocycles. The van der Waals surface area contributed by atoms with Crippen molar-refractivity contribution >= 4 is 18.2 Å². The first-order valence-corrected chi connectivity index (χ1v) is 5.66. The molecule has 1 aliphatic rings. The molecule has 1 N–H and O–H groups in total. The molecule has 0 amide bonds. The van der Waals surface area contributed by atoms with Gasteiger partial charge >= 0.3 is 0 Å². The molecule has 1 aromatic carbocycles. The molecule has 1 saturated heterocycles. The predicted octanol–water partition coefficient (Wildman–Crippen LogP) is 2.36. The molecule has 0 unspecified atom stereocenters. The van der Waals surface area contributed by atoms with E-state index in [4.69, 9.17) is 0 Å². The molecule has 2 nitrogen and oxygen atoms in total. The van der Waals surface area contributed by atoms with Gasteiger partial charge in [-0.05, 0) is 31.4 Å². The van der Waals surface area contributed by atoms with Crippen molar-refractivity contribution in [1.29, 1.82) is 0 Å². The van der Waals surface area contributed by atoms with E-state index >= 15 is 0 Å². The van der Waals surface area contributed by atoms with Crippen LogP contribution in [0.3, 0.4) is 0 Å². The zero-order chi connectivity index (χ0) is 10.5. The van der Waals surface area contributed by atoms with Gasteiger partial charge in [0.05, 0.1) is 6.04 Å². The van der Waals surface area contributed by atoms with Crippen molar-refractivity contribution in [3.63, 3.8) is 0 Å². The number of halogens is 1. The number of aryl methyl sites for hydroxylation is 1. The van der Waals surface area contributed by atoms with Gasteiger partial charge in [0, 0.05) is 6.42 Å². The second-order valence-electron chi connectivity index (χ2n) is 4.10. The molecule has 1 atom stereocenters. The quantitative estimate of drug-likeness (QED) is 0.874. The summed E-state index contributed by atoms with van der Waals surface area (Å²) in [6.07, 6.45) is 3.70. The molecule has 0 radical (unpaired) electrons. The van der Waals surface area contributed by atoms with Crippen molar-refractivity contribution in [2.75, 3.05) is 6.54 Å². The third kappa shape index (κ3) is 3.62. The van der Waals surface area contributed by atoms with Crippen molar-refractivity contribution in [1.82, 2.24) is 5.32 Å². The summed E-state index contributed by atoms with van der Waals surface area (Å²) in [6, 6.07) is 10.3. The van der Waals surface area contributed by atoms with Gasteiger partial charge in [-0.15, -0.1) is 12.4 Å². The smallest absolute Gasteiger partial charge is 0.150 e. The molecular weight excluding hydrogens is 222 g/mol. The van der Waals surface area contributed by atoms with Gasteiger partial charge < -0.3 is 5.32 Å². The molecular formula is C13H18ClNO. The number of carbonyl (C=O) groups excluding carboxylic acids is 1. The molecule has 16 heavy (non-hydrogen) atoms. The van der Waals surface area contributed by atoms with Gasteiger partial charge in [-0.3, -0.25) is 4.79 Å². The van der Waals surface area contributed by atoms with E-state index in [2.05, 4.69) is 17.4 Å². The minimum absolute atomic E-state index is 0. The Morgan fingerprint density at radius 1 is 1.31 bits per heavy atom. The van der Waals surface area contributed by atoms with Crippen LogP contribution in [0.4, 0.5) is 0 Å². The van der Waals surface area contributed by atoms with Crippen molar-refractivity contribution in [3.05, 3.63) is 35.9 Å². The summed E-state index contributed by atoms with van der Waals surface area (Å²) in [5.41, 5.74) is 1.25. The predicted molar refractivity (Wildman–Crippen MR) is 68.0 cm³/mol. The lowest BCUT2D eigenvalue weighted by atomic mass is 10.0. The van der Waals surface area contributed by atoms with Crippen LogP contribution in [-0.4, -0.2) is 18.4 Å². The molecule has 0 aliphatic carbocycles. The standard InChI is InChI=1S/C13H17NO.ClH/c15-13(12-7-4-10-14-12)9-8-11-5-2-1-3-6-11;/h1-3,5-6,12,14H,4,7-10H2;1H/t12-;/m1./s1. The highest BCUT2D eigenvalue weighted by Gasteiger charge is 2.20. The van der Waals surface area contributed by atoms with E-state index in [1.165, 1.54) is 5.56 Å². The van der Waals surface area contributed by atoms with Gasteiger partial charge in [-0.1, -0.05) is 30.3 Å². The summed E-state index contributed by atoms with van der Waals surface area (Å²) < 4.78 is 0. The second-order valence-corrected chi connectivity index (χ2v) is 4.10. The van der Waals surface area contributed by atoms with Crippen LogP contribution in [-0.2, 0) is 11.2 Å². The van der Waals surface area contributed by atoms with E-state index in [0.717, 1.165) is 25.8 Å². The maximum absolute atomic E-state index is 11.8. The van der Waals surface area contributed by atoms with Crippen molar-refractivity contribution in [2.45, 2.75) is 31.7 Å². The Morgan fingerprint density at radius 2 is 2.06 bits per heavy atom. The Bertz CT molecular complexity index is 320. The molecule has 0 saturated carbocycles. The van der Waals surface area contributed by atoms with Crippen LogP contribution in [0.1, 0.15) is 24.8 Å². The normalized spacial score (nSPS) is 19.1. The molecule has 88 valence electrons. The fourth-order valence-electron chi connectivity index (χ4n) is 2.05. The fraction of sp³-hybridized carbons (Fsp3) is 0.462. The van der Waals surface area contributed by atoms with Gasteiger partial charge in [0.2, 0.25) is 0 Å². The zero-order valence-electron chi connectivity index (χ0n) is 9.32. The molecule has 1 heterocycles. The first-order chi connectivity index (χ1) is 7.36. The summed E-state index contributed by atoms with van der Waals surface area (Å²) in [7, 11) is 0. The summed E-state index contributed by atoms with van der Waals surface area (Å²) >= 11 is 0. The highest BCUT2D eigenvalue weighted by atomic mass is 35.5. The Labute approximate surface area is 103 Å². The van der Waals surface area contributed by atoms with Crippen LogP contribution in [0, 0.1) is 0 Å². The summed E-state index contributed by atoms with van der Waals surface area (Å²) in [5.74, 6) is 0.372. The minimum Gasteiger partial charge on any atom is -0.307 e. The number of hydrogen-bond acceptors (Lipinski definition) is 2. The lowest BCUT2D eigenvalue weighted by Crippen LogP contribution is -2.30. The van der Waals surface area contributed by atoms with E-state index in [-0.39, 0.29) is 18.4 Å². The van der Waals surface area contributed by atoms with E-state index in [1.807, 2.05) is 18.2 Å². The SMILES string of the molecule is Cl.O=C(CCc1ccccc1)[C@H]1CCCN1. The Morgan fingerprint density at radius 3 is 2.69 bits per heavy atom. The summed E-state index contributed by atoms with van der Waals surface area (Å²) in [6.45, 7) is 1.00. The van der Waals surface area contributed by atoms with Gasteiger partial charge in [-0.25, -0.2) is 0 Å². The monoisotopic (exact) mass is 239 g/mol. The van der Waals surface area contributed by atoms with E-state index < -0.39 is 0 Å². The van der Waals surface area contributed by atoms with Crippen LogP contribution in [0.5, 0.6) is 0 Å². The summed E-state index contributed by atoms with van der Waals surface area (Å²) in [5, 5.41) is 3.24. The highest BCUT2D eigenvalue weighted by molar-refractivity contribution is 5.85. The van der Waals surface area contributed by atoms with Gasteiger partial charge in [0.15, 0.2) is 0 Å². The largest absolute Gasteiger partial charge is 0.307 e. The van der Waals surface area contributed by atoms with Crippen LogP contribution in [0.25, 0.3) is 0 Å². The van der Waals surface area contributed by atoms with Crippen LogP contribution in [0.2, 0.25) is 0 Å². The minimum atomic E-state index is 0. The van der Waals surface area contributed by atoms with E-state index in [1.54, 1.807) is 0 Å². The fourth-order valence-corrected chi connectivity index (χ4v) is 2.05. The van der Waals surface area contributed by atoms with E-state index in [9.17, 15) is 4.79 Å². The van der Waals surface area contributed by atoms with Crippen molar-refractivity contribution in [2.24, 2.45) is 0 Å². The van der Waals surface area contributed by atoms with Crippen LogP contribution < -0.4 is 5.32 Å². The van der Waals surface area contributed by atoms with Gasteiger partial charge in [0.1, 0.15) is 5.78 Å². The van der Waals surface area contributed by atoms with Gasteiger partial charge in [0.25, 0.3) is 0 Å². The molecule has 0 aromatic heterocycles.